The fourth-order valence-electron chi connectivity index (χ4n) is 1.65. The van der Waals surface area contributed by atoms with Crippen molar-refractivity contribution in [1.29, 1.82) is 0 Å². The third-order valence-corrected chi connectivity index (χ3v) is 2.44. The number of aryl methyl sites for hydroxylation is 1. The first-order valence-electron chi connectivity index (χ1n) is 5.95. The second-order valence-electron chi connectivity index (χ2n) is 4.60. The number of allylic oxidation sites excluding steroid dienone is 4. The van der Waals surface area contributed by atoms with Gasteiger partial charge in [0.25, 0.3) is 0 Å². The monoisotopic (exact) mass is 232 g/mol. The van der Waals surface area contributed by atoms with Crippen LogP contribution in [0.5, 0.6) is 0 Å². The lowest BCUT2D eigenvalue weighted by atomic mass is 10.1. The molecule has 0 radical (unpaired) electrons. The highest BCUT2D eigenvalue weighted by Gasteiger charge is 1.98. The van der Waals surface area contributed by atoms with Crippen LogP contribution in [0.15, 0.2) is 46.3 Å². The Labute approximate surface area is 103 Å². The van der Waals surface area contributed by atoms with Crippen molar-refractivity contribution in [3.8, 4) is 0 Å². The van der Waals surface area contributed by atoms with Crippen LogP contribution >= 0.6 is 0 Å². The molecule has 0 unspecified atom stereocenters. The molecule has 0 atom stereocenters. The van der Waals surface area contributed by atoms with Crippen LogP contribution in [0, 0.1) is 0 Å². The Bertz CT molecular complexity index is 404. The standard InChI is InChI=1S/C15H20O2/c1-12(2)9-15(16)10-13(3)5-4-6-14-7-8-17-11-14/h7-11H,4-6H2,1-3H3/b13-10-. The minimum absolute atomic E-state index is 0.0887. The highest BCUT2D eigenvalue weighted by atomic mass is 16.3. The average molecular weight is 232 g/mol. The van der Waals surface area contributed by atoms with Gasteiger partial charge in [-0.25, -0.2) is 0 Å². The number of furan rings is 1. The molecule has 0 aromatic carbocycles. The molecule has 17 heavy (non-hydrogen) atoms. The van der Waals surface area contributed by atoms with Gasteiger partial charge in [0.1, 0.15) is 0 Å². The fourth-order valence-corrected chi connectivity index (χ4v) is 1.65. The van der Waals surface area contributed by atoms with Crippen molar-refractivity contribution in [1.82, 2.24) is 0 Å². The molecule has 0 aliphatic carbocycles. The molecule has 0 bridgehead atoms. The summed E-state index contributed by atoms with van der Waals surface area (Å²) in [6, 6.07) is 1.98. The largest absolute Gasteiger partial charge is 0.472 e. The van der Waals surface area contributed by atoms with Crippen LogP contribution < -0.4 is 0 Å². The third-order valence-electron chi connectivity index (χ3n) is 2.44. The Morgan fingerprint density at radius 1 is 1.29 bits per heavy atom. The SMILES string of the molecule is CC(C)=CC(=O)/C=C(/C)CCCc1ccoc1. The van der Waals surface area contributed by atoms with Crippen molar-refractivity contribution < 1.29 is 9.21 Å². The molecule has 0 amide bonds. The minimum Gasteiger partial charge on any atom is -0.472 e. The Morgan fingerprint density at radius 2 is 2.06 bits per heavy atom. The topological polar surface area (TPSA) is 30.2 Å². The lowest BCUT2D eigenvalue weighted by Gasteiger charge is -1.99. The van der Waals surface area contributed by atoms with E-state index in [0.29, 0.717) is 0 Å². The van der Waals surface area contributed by atoms with Crippen LogP contribution in [0.4, 0.5) is 0 Å². The molecular formula is C15H20O2. The molecule has 1 aromatic rings. The molecule has 0 fully saturated rings. The van der Waals surface area contributed by atoms with Gasteiger partial charge < -0.3 is 4.42 Å². The van der Waals surface area contributed by atoms with E-state index in [0.717, 1.165) is 30.4 Å². The van der Waals surface area contributed by atoms with E-state index in [9.17, 15) is 4.79 Å². The first-order valence-corrected chi connectivity index (χ1v) is 5.95. The second-order valence-corrected chi connectivity index (χ2v) is 4.60. The van der Waals surface area contributed by atoms with Crippen molar-refractivity contribution >= 4 is 5.78 Å². The molecule has 1 rings (SSSR count). The summed E-state index contributed by atoms with van der Waals surface area (Å²) < 4.78 is 5.00. The summed E-state index contributed by atoms with van der Waals surface area (Å²) in [5.74, 6) is 0.0887. The Balaban J connectivity index is 2.34. The summed E-state index contributed by atoms with van der Waals surface area (Å²) in [6.07, 6.45) is 9.85. The quantitative estimate of drug-likeness (QED) is 0.692. The third kappa shape index (κ3) is 5.91. The first-order chi connectivity index (χ1) is 8.08. The van der Waals surface area contributed by atoms with Gasteiger partial charge in [0.2, 0.25) is 0 Å². The highest BCUT2D eigenvalue weighted by Crippen LogP contribution is 2.10. The zero-order valence-electron chi connectivity index (χ0n) is 10.8. The van der Waals surface area contributed by atoms with Crippen molar-refractivity contribution in [2.45, 2.75) is 40.0 Å². The summed E-state index contributed by atoms with van der Waals surface area (Å²) in [7, 11) is 0. The molecule has 0 saturated carbocycles. The van der Waals surface area contributed by atoms with E-state index < -0.39 is 0 Å². The van der Waals surface area contributed by atoms with Crippen LogP contribution in [0.3, 0.4) is 0 Å². The van der Waals surface area contributed by atoms with Gasteiger partial charge in [0.05, 0.1) is 12.5 Å². The van der Waals surface area contributed by atoms with Gasteiger partial charge in [-0.2, -0.15) is 0 Å². The van der Waals surface area contributed by atoms with Crippen molar-refractivity contribution in [3.05, 3.63) is 47.5 Å². The molecule has 1 heterocycles. The molecule has 2 nitrogen and oxygen atoms in total. The Kier molecular flexibility index (Phi) is 5.47. The van der Waals surface area contributed by atoms with Gasteiger partial charge in [-0.1, -0.05) is 11.1 Å². The van der Waals surface area contributed by atoms with E-state index in [1.54, 1.807) is 24.7 Å². The second kappa shape index (κ2) is 6.89. The van der Waals surface area contributed by atoms with E-state index >= 15 is 0 Å². The number of carbonyl (C=O) groups is 1. The lowest BCUT2D eigenvalue weighted by molar-refractivity contribution is -0.110. The van der Waals surface area contributed by atoms with Crippen molar-refractivity contribution in [2.24, 2.45) is 0 Å². The summed E-state index contributed by atoms with van der Waals surface area (Å²) >= 11 is 0. The highest BCUT2D eigenvalue weighted by molar-refractivity contribution is 5.99. The van der Waals surface area contributed by atoms with E-state index in [-0.39, 0.29) is 5.78 Å². The molecule has 0 saturated heterocycles. The molecule has 92 valence electrons. The van der Waals surface area contributed by atoms with Crippen molar-refractivity contribution in [3.63, 3.8) is 0 Å². The molecule has 1 aromatic heterocycles. The Morgan fingerprint density at radius 3 is 2.65 bits per heavy atom. The van der Waals surface area contributed by atoms with E-state index in [4.69, 9.17) is 4.42 Å². The average Bonchev–Trinajstić information content (AvgIpc) is 2.68. The molecular weight excluding hydrogens is 212 g/mol. The maximum Gasteiger partial charge on any atom is 0.178 e. The number of ketones is 1. The normalized spacial score (nSPS) is 11.4. The van der Waals surface area contributed by atoms with E-state index in [1.165, 1.54) is 5.56 Å². The zero-order valence-corrected chi connectivity index (χ0v) is 10.8. The Hall–Kier alpha value is -1.57. The fraction of sp³-hybridized carbons (Fsp3) is 0.400. The zero-order chi connectivity index (χ0) is 12.7. The maximum atomic E-state index is 11.5. The maximum absolute atomic E-state index is 11.5. The number of hydrogen-bond donors (Lipinski definition) is 0. The van der Waals surface area contributed by atoms with E-state index in [2.05, 4.69) is 0 Å². The van der Waals surface area contributed by atoms with Gasteiger partial charge in [-0.05, 0) is 63.8 Å². The van der Waals surface area contributed by atoms with Crippen molar-refractivity contribution in [2.75, 3.05) is 0 Å². The molecule has 0 aliphatic rings. The smallest absolute Gasteiger partial charge is 0.178 e. The minimum atomic E-state index is 0.0887. The molecule has 2 heteroatoms. The predicted octanol–water partition coefficient (Wildman–Crippen LogP) is 4.08. The first kappa shape index (κ1) is 13.5. The summed E-state index contributed by atoms with van der Waals surface area (Å²) in [5, 5.41) is 0. The summed E-state index contributed by atoms with van der Waals surface area (Å²) in [6.45, 7) is 5.87. The van der Waals surface area contributed by atoms with Gasteiger partial charge in [0.15, 0.2) is 5.78 Å². The molecule has 0 N–H and O–H groups in total. The number of rotatable bonds is 6. The van der Waals surface area contributed by atoms with Crippen LogP contribution in [-0.2, 0) is 11.2 Å². The van der Waals surface area contributed by atoms with Gasteiger partial charge >= 0.3 is 0 Å². The van der Waals surface area contributed by atoms with Gasteiger partial charge in [-0.3, -0.25) is 4.79 Å². The van der Waals surface area contributed by atoms with Gasteiger partial charge in [-0.15, -0.1) is 0 Å². The van der Waals surface area contributed by atoms with Crippen LogP contribution in [0.25, 0.3) is 0 Å². The number of carbonyl (C=O) groups excluding carboxylic acids is 1. The molecule has 0 spiro atoms. The predicted molar refractivity (Wildman–Crippen MR) is 69.8 cm³/mol. The van der Waals surface area contributed by atoms with Crippen LogP contribution in [-0.4, -0.2) is 5.78 Å². The number of hydrogen-bond acceptors (Lipinski definition) is 2. The van der Waals surface area contributed by atoms with Crippen LogP contribution in [0.1, 0.15) is 39.2 Å². The summed E-state index contributed by atoms with van der Waals surface area (Å²) in [5.41, 5.74) is 3.39. The van der Waals surface area contributed by atoms with Crippen LogP contribution in [0.2, 0.25) is 0 Å². The van der Waals surface area contributed by atoms with E-state index in [1.807, 2.05) is 26.8 Å². The lowest BCUT2D eigenvalue weighted by Crippen LogP contribution is -1.91. The molecule has 0 aliphatic heterocycles. The summed E-state index contributed by atoms with van der Waals surface area (Å²) in [4.78, 5) is 11.5. The van der Waals surface area contributed by atoms with Gasteiger partial charge in [0, 0.05) is 0 Å².